The third kappa shape index (κ3) is 4.10. The molecule has 1 N–H and O–H groups in total. The third-order valence-electron chi connectivity index (χ3n) is 3.55. The van der Waals surface area contributed by atoms with E-state index in [2.05, 4.69) is 5.32 Å². The van der Waals surface area contributed by atoms with Crippen LogP contribution in [0.15, 0.2) is 41.2 Å². The standard InChI is InChI=1S/C18H20N2O4/c1-4-24-18(23)15-7-5-6-8-16(15)19-17(22)11-20-12(2)9-14(21)10-13(20)3/h5-10H,4,11H2,1-3H3,(H,19,22). The van der Waals surface area contributed by atoms with Crippen molar-refractivity contribution in [2.45, 2.75) is 27.3 Å². The molecule has 1 aromatic heterocycles. The third-order valence-corrected chi connectivity index (χ3v) is 3.55. The van der Waals surface area contributed by atoms with E-state index < -0.39 is 5.97 Å². The van der Waals surface area contributed by atoms with E-state index in [1.807, 2.05) is 0 Å². The maximum atomic E-state index is 12.3. The molecule has 1 aromatic carbocycles. The SMILES string of the molecule is CCOC(=O)c1ccccc1NC(=O)Cn1c(C)cc(=O)cc1C. The first-order chi connectivity index (χ1) is 11.4. The smallest absolute Gasteiger partial charge is 0.340 e. The Morgan fingerprint density at radius 1 is 1.12 bits per heavy atom. The second kappa shape index (κ2) is 7.59. The van der Waals surface area contributed by atoms with Gasteiger partial charge in [0.05, 0.1) is 17.9 Å². The van der Waals surface area contributed by atoms with Crippen molar-refractivity contribution in [3.63, 3.8) is 0 Å². The van der Waals surface area contributed by atoms with E-state index in [1.165, 1.54) is 12.1 Å². The molecule has 0 unspecified atom stereocenters. The van der Waals surface area contributed by atoms with E-state index in [-0.39, 0.29) is 24.5 Å². The van der Waals surface area contributed by atoms with Gasteiger partial charge in [0.1, 0.15) is 6.54 Å². The number of para-hydroxylation sites is 1. The summed E-state index contributed by atoms with van der Waals surface area (Å²) in [6.45, 7) is 5.58. The van der Waals surface area contributed by atoms with Gasteiger partial charge in [0.2, 0.25) is 5.91 Å². The lowest BCUT2D eigenvalue weighted by Crippen LogP contribution is -2.24. The zero-order chi connectivity index (χ0) is 17.7. The first-order valence-corrected chi connectivity index (χ1v) is 7.66. The highest BCUT2D eigenvalue weighted by Crippen LogP contribution is 2.16. The predicted octanol–water partition coefficient (Wildman–Crippen LogP) is 2.28. The Hall–Kier alpha value is -2.89. The van der Waals surface area contributed by atoms with Gasteiger partial charge in [-0.15, -0.1) is 0 Å². The van der Waals surface area contributed by atoms with Crippen LogP contribution in [0.4, 0.5) is 5.69 Å². The molecule has 0 saturated carbocycles. The highest BCUT2D eigenvalue weighted by atomic mass is 16.5. The molecule has 0 radical (unpaired) electrons. The fourth-order valence-electron chi connectivity index (χ4n) is 2.45. The van der Waals surface area contributed by atoms with Crippen molar-refractivity contribution in [1.29, 1.82) is 0 Å². The zero-order valence-corrected chi connectivity index (χ0v) is 14.0. The van der Waals surface area contributed by atoms with Crippen LogP contribution in [-0.4, -0.2) is 23.1 Å². The number of pyridine rings is 1. The van der Waals surface area contributed by atoms with Crippen molar-refractivity contribution in [2.24, 2.45) is 0 Å². The first kappa shape index (κ1) is 17.5. The number of amides is 1. The van der Waals surface area contributed by atoms with Crippen LogP contribution in [0.2, 0.25) is 0 Å². The lowest BCUT2D eigenvalue weighted by molar-refractivity contribution is -0.116. The van der Waals surface area contributed by atoms with Crippen molar-refractivity contribution >= 4 is 17.6 Å². The monoisotopic (exact) mass is 328 g/mol. The van der Waals surface area contributed by atoms with Crippen molar-refractivity contribution in [3.8, 4) is 0 Å². The Morgan fingerprint density at radius 3 is 2.38 bits per heavy atom. The van der Waals surface area contributed by atoms with Crippen LogP contribution in [0.5, 0.6) is 0 Å². The number of hydrogen-bond acceptors (Lipinski definition) is 4. The Morgan fingerprint density at radius 2 is 1.75 bits per heavy atom. The van der Waals surface area contributed by atoms with E-state index in [0.717, 1.165) is 0 Å². The highest BCUT2D eigenvalue weighted by molar-refractivity contribution is 6.01. The number of hydrogen-bond donors (Lipinski definition) is 1. The second-order valence-electron chi connectivity index (χ2n) is 5.37. The van der Waals surface area contributed by atoms with Crippen LogP contribution in [0.1, 0.15) is 28.7 Å². The van der Waals surface area contributed by atoms with Gasteiger partial charge in [-0.1, -0.05) is 12.1 Å². The summed E-state index contributed by atoms with van der Waals surface area (Å²) in [7, 11) is 0. The molecule has 2 aromatic rings. The molecule has 0 spiro atoms. The molecular weight excluding hydrogens is 308 g/mol. The van der Waals surface area contributed by atoms with Crippen molar-refractivity contribution < 1.29 is 14.3 Å². The number of nitrogens with zero attached hydrogens (tertiary/aromatic N) is 1. The number of ether oxygens (including phenoxy) is 1. The van der Waals surface area contributed by atoms with Gasteiger partial charge >= 0.3 is 5.97 Å². The number of rotatable bonds is 5. The van der Waals surface area contributed by atoms with E-state index in [1.54, 1.807) is 49.6 Å². The van der Waals surface area contributed by atoms with Gasteiger partial charge in [0.15, 0.2) is 5.43 Å². The van der Waals surface area contributed by atoms with Crippen LogP contribution in [0, 0.1) is 13.8 Å². The van der Waals surface area contributed by atoms with Crippen LogP contribution < -0.4 is 10.7 Å². The summed E-state index contributed by atoms with van der Waals surface area (Å²) in [5.41, 5.74) is 2.02. The second-order valence-corrected chi connectivity index (χ2v) is 5.37. The molecule has 24 heavy (non-hydrogen) atoms. The Bertz CT molecular complexity index is 798. The largest absolute Gasteiger partial charge is 0.462 e. The molecule has 0 bridgehead atoms. The van der Waals surface area contributed by atoms with Gasteiger partial charge in [-0.2, -0.15) is 0 Å². The number of aromatic nitrogens is 1. The number of esters is 1. The molecule has 1 heterocycles. The minimum absolute atomic E-state index is 0.0507. The average Bonchev–Trinajstić information content (AvgIpc) is 2.51. The summed E-state index contributed by atoms with van der Waals surface area (Å²) in [6, 6.07) is 9.64. The molecule has 2 rings (SSSR count). The summed E-state index contributed by atoms with van der Waals surface area (Å²) in [6.07, 6.45) is 0. The molecule has 0 aliphatic carbocycles. The van der Waals surface area contributed by atoms with Crippen molar-refractivity contribution in [3.05, 3.63) is 63.6 Å². The van der Waals surface area contributed by atoms with Gasteiger partial charge in [-0.05, 0) is 32.9 Å². The molecule has 0 saturated heterocycles. The van der Waals surface area contributed by atoms with E-state index >= 15 is 0 Å². The zero-order valence-electron chi connectivity index (χ0n) is 14.0. The molecule has 1 amide bonds. The minimum atomic E-state index is -0.482. The summed E-state index contributed by atoms with van der Waals surface area (Å²) in [5, 5.41) is 2.73. The topological polar surface area (TPSA) is 77.4 Å². The van der Waals surface area contributed by atoms with E-state index in [9.17, 15) is 14.4 Å². The molecule has 6 heteroatoms. The lowest BCUT2D eigenvalue weighted by Gasteiger charge is -2.15. The molecule has 0 fully saturated rings. The maximum absolute atomic E-state index is 12.3. The van der Waals surface area contributed by atoms with Crippen molar-refractivity contribution in [1.82, 2.24) is 4.57 Å². The highest BCUT2D eigenvalue weighted by Gasteiger charge is 2.14. The maximum Gasteiger partial charge on any atom is 0.340 e. The molecule has 126 valence electrons. The molecule has 0 aliphatic heterocycles. The van der Waals surface area contributed by atoms with Crippen LogP contribution in [0.25, 0.3) is 0 Å². The fraction of sp³-hybridized carbons (Fsp3) is 0.278. The van der Waals surface area contributed by atoms with E-state index in [4.69, 9.17) is 4.74 Å². The number of nitrogens with one attached hydrogen (secondary N) is 1. The molecule has 0 aliphatic rings. The summed E-state index contributed by atoms with van der Waals surface area (Å²) in [4.78, 5) is 35.7. The number of aryl methyl sites for hydroxylation is 2. The number of benzene rings is 1. The Kier molecular flexibility index (Phi) is 5.52. The van der Waals surface area contributed by atoms with Gasteiger partial charge < -0.3 is 14.6 Å². The molecule has 6 nitrogen and oxygen atoms in total. The predicted molar refractivity (Wildman–Crippen MR) is 91.2 cm³/mol. The normalized spacial score (nSPS) is 10.3. The van der Waals surface area contributed by atoms with Gasteiger partial charge in [-0.3, -0.25) is 9.59 Å². The average molecular weight is 328 g/mol. The van der Waals surface area contributed by atoms with Gasteiger partial charge in [0.25, 0.3) is 0 Å². The summed E-state index contributed by atoms with van der Waals surface area (Å²) >= 11 is 0. The van der Waals surface area contributed by atoms with Crippen LogP contribution in [-0.2, 0) is 16.1 Å². The quantitative estimate of drug-likeness (QED) is 0.854. The fourth-order valence-corrected chi connectivity index (χ4v) is 2.45. The Balaban J connectivity index is 2.20. The molecule has 0 atom stereocenters. The van der Waals surface area contributed by atoms with Crippen LogP contribution >= 0.6 is 0 Å². The van der Waals surface area contributed by atoms with Gasteiger partial charge in [-0.25, -0.2) is 4.79 Å². The summed E-state index contributed by atoms with van der Waals surface area (Å²) < 4.78 is 6.73. The lowest BCUT2D eigenvalue weighted by atomic mass is 10.2. The Labute approximate surface area is 140 Å². The first-order valence-electron chi connectivity index (χ1n) is 7.66. The number of carbonyl (C=O) groups excluding carboxylic acids is 2. The minimum Gasteiger partial charge on any atom is -0.462 e. The molecular formula is C18H20N2O4. The number of anilines is 1. The van der Waals surface area contributed by atoms with Crippen molar-refractivity contribution in [2.75, 3.05) is 11.9 Å². The number of carbonyl (C=O) groups is 2. The van der Waals surface area contributed by atoms with Gasteiger partial charge in [0, 0.05) is 23.5 Å². The van der Waals surface area contributed by atoms with Crippen LogP contribution in [0.3, 0.4) is 0 Å². The summed E-state index contributed by atoms with van der Waals surface area (Å²) in [5.74, 6) is -0.772. The van der Waals surface area contributed by atoms with E-state index in [0.29, 0.717) is 22.6 Å².